The zero-order valence-corrected chi connectivity index (χ0v) is 9.84. The quantitative estimate of drug-likeness (QED) is 0.647. The van der Waals surface area contributed by atoms with Crippen LogP contribution in [0.1, 0.15) is 22.3 Å². The molecule has 1 aliphatic carbocycles. The summed E-state index contributed by atoms with van der Waals surface area (Å²) in [5, 5.41) is 0. The topological polar surface area (TPSA) is 0 Å². The standard InChI is InChI=1S/C11H11.Zr/c1-8-6-9(2)11-5-3-4-10(11)7-8;/h3-7H,1-2H3;. The maximum Gasteiger partial charge on any atom is 0.0131 e. The molecule has 0 heterocycles. The minimum Gasteiger partial charge on any atom is -0.0754 e. The van der Waals surface area contributed by atoms with E-state index in [1.807, 2.05) is 0 Å². The van der Waals surface area contributed by atoms with Crippen molar-refractivity contribution in [3.63, 3.8) is 0 Å². The van der Waals surface area contributed by atoms with Gasteiger partial charge in [-0.3, -0.25) is 0 Å². The summed E-state index contributed by atoms with van der Waals surface area (Å²) in [5.41, 5.74) is 5.48. The van der Waals surface area contributed by atoms with E-state index in [0.29, 0.717) is 0 Å². The van der Waals surface area contributed by atoms with Gasteiger partial charge in [-0.25, -0.2) is 0 Å². The van der Waals surface area contributed by atoms with Gasteiger partial charge in [-0.2, -0.15) is 0 Å². The molecule has 59 valence electrons. The molecule has 0 nitrogen and oxygen atoms in total. The van der Waals surface area contributed by atoms with Crippen molar-refractivity contribution in [2.45, 2.75) is 13.8 Å². The minimum atomic E-state index is 0. The van der Waals surface area contributed by atoms with Crippen molar-refractivity contribution < 1.29 is 26.2 Å². The summed E-state index contributed by atoms with van der Waals surface area (Å²) in [7, 11) is 0. The van der Waals surface area contributed by atoms with E-state index in [9.17, 15) is 0 Å². The molecule has 1 aromatic carbocycles. The molecule has 0 aromatic heterocycles. The van der Waals surface area contributed by atoms with Crippen LogP contribution >= 0.6 is 0 Å². The van der Waals surface area contributed by atoms with Crippen molar-refractivity contribution in [1.82, 2.24) is 0 Å². The molecule has 0 amide bonds. The molecule has 0 saturated carbocycles. The third-order valence-corrected chi connectivity index (χ3v) is 2.10. The van der Waals surface area contributed by atoms with Crippen LogP contribution in [-0.2, 0) is 26.2 Å². The van der Waals surface area contributed by atoms with Gasteiger partial charge in [0.05, 0.1) is 0 Å². The molecule has 0 atom stereocenters. The van der Waals surface area contributed by atoms with Crippen molar-refractivity contribution >= 4 is 6.08 Å². The zero-order chi connectivity index (χ0) is 7.84. The Bertz CT molecular complexity index is 324. The molecule has 1 heteroatoms. The Labute approximate surface area is 92.8 Å². The largest absolute Gasteiger partial charge is 0.0754 e. The van der Waals surface area contributed by atoms with Crippen molar-refractivity contribution in [2.75, 3.05) is 0 Å². The third kappa shape index (κ3) is 1.61. The van der Waals surface area contributed by atoms with Gasteiger partial charge in [-0.15, -0.1) is 0 Å². The molecule has 0 N–H and O–H groups in total. The van der Waals surface area contributed by atoms with Crippen LogP contribution < -0.4 is 0 Å². The Morgan fingerprint density at radius 1 is 1.08 bits per heavy atom. The van der Waals surface area contributed by atoms with Crippen LogP contribution in [-0.4, -0.2) is 0 Å². The fourth-order valence-electron chi connectivity index (χ4n) is 1.63. The Hall–Kier alpha value is -0.157. The van der Waals surface area contributed by atoms with Crippen LogP contribution in [0.15, 0.2) is 18.2 Å². The molecular formula is C11H11Zr. The smallest absolute Gasteiger partial charge is 0.0131 e. The van der Waals surface area contributed by atoms with E-state index in [4.69, 9.17) is 0 Å². The predicted octanol–water partition coefficient (Wildman–Crippen LogP) is 2.88. The Balaban J connectivity index is 0.000000720. The molecule has 1 radical (unpaired) electrons. The monoisotopic (exact) mass is 233 g/mol. The molecule has 0 unspecified atom stereocenters. The van der Waals surface area contributed by atoms with Crippen molar-refractivity contribution in [2.24, 2.45) is 0 Å². The summed E-state index contributed by atoms with van der Waals surface area (Å²) in [6.07, 6.45) is 6.44. The number of rotatable bonds is 0. The van der Waals surface area contributed by atoms with E-state index in [1.54, 1.807) is 0 Å². The second kappa shape index (κ2) is 3.70. The molecule has 0 fully saturated rings. The Kier molecular flexibility index (Phi) is 3.06. The van der Waals surface area contributed by atoms with Gasteiger partial charge in [-0.1, -0.05) is 29.8 Å². The number of benzene rings is 1. The summed E-state index contributed by atoms with van der Waals surface area (Å²) in [5.74, 6) is 0. The van der Waals surface area contributed by atoms with Gasteiger partial charge in [0.2, 0.25) is 0 Å². The van der Waals surface area contributed by atoms with Gasteiger partial charge in [-0.05, 0) is 30.5 Å². The first-order valence-electron chi connectivity index (χ1n) is 3.90. The normalized spacial score (nSPS) is 12.5. The average molecular weight is 234 g/mol. The van der Waals surface area contributed by atoms with Gasteiger partial charge in [0.1, 0.15) is 0 Å². The zero-order valence-electron chi connectivity index (χ0n) is 7.39. The first kappa shape index (κ1) is 9.93. The minimum absolute atomic E-state index is 0. The van der Waals surface area contributed by atoms with Crippen molar-refractivity contribution in [1.29, 1.82) is 0 Å². The summed E-state index contributed by atoms with van der Waals surface area (Å²) >= 11 is 0. The molecule has 2 rings (SSSR count). The maximum absolute atomic E-state index is 2.22. The van der Waals surface area contributed by atoms with Crippen molar-refractivity contribution in [3.05, 3.63) is 46.9 Å². The van der Waals surface area contributed by atoms with Gasteiger partial charge in [0.25, 0.3) is 0 Å². The number of hydrogen-bond acceptors (Lipinski definition) is 0. The van der Waals surface area contributed by atoms with E-state index in [-0.39, 0.29) is 26.2 Å². The van der Waals surface area contributed by atoms with Crippen LogP contribution in [0.25, 0.3) is 6.08 Å². The maximum atomic E-state index is 2.22. The van der Waals surface area contributed by atoms with E-state index in [2.05, 4.69) is 44.6 Å². The van der Waals surface area contributed by atoms with Crippen LogP contribution in [0, 0.1) is 20.3 Å². The molecule has 0 saturated heterocycles. The van der Waals surface area contributed by atoms with E-state index >= 15 is 0 Å². The number of hydrogen-bond donors (Lipinski definition) is 0. The van der Waals surface area contributed by atoms with Crippen LogP contribution in [0.3, 0.4) is 0 Å². The average Bonchev–Trinajstić information content (AvgIpc) is 2.34. The summed E-state index contributed by atoms with van der Waals surface area (Å²) in [4.78, 5) is 0. The summed E-state index contributed by atoms with van der Waals surface area (Å²) in [6, 6.07) is 4.45. The van der Waals surface area contributed by atoms with Crippen LogP contribution in [0.4, 0.5) is 0 Å². The molecule has 12 heavy (non-hydrogen) atoms. The van der Waals surface area contributed by atoms with Gasteiger partial charge in [0, 0.05) is 32.6 Å². The van der Waals surface area contributed by atoms with Crippen LogP contribution in [0.5, 0.6) is 0 Å². The third-order valence-electron chi connectivity index (χ3n) is 2.10. The number of allylic oxidation sites excluding steroid dienone is 1. The number of aryl methyl sites for hydroxylation is 2. The van der Waals surface area contributed by atoms with E-state index < -0.39 is 0 Å². The van der Waals surface area contributed by atoms with Gasteiger partial charge in [0.15, 0.2) is 0 Å². The Morgan fingerprint density at radius 2 is 1.83 bits per heavy atom. The molecule has 0 bridgehead atoms. The van der Waals surface area contributed by atoms with Crippen molar-refractivity contribution in [3.8, 4) is 0 Å². The fourth-order valence-corrected chi connectivity index (χ4v) is 1.63. The summed E-state index contributed by atoms with van der Waals surface area (Å²) in [6.45, 7) is 4.30. The molecule has 1 aromatic rings. The van der Waals surface area contributed by atoms with Gasteiger partial charge < -0.3 is 0 Å². The van der Waals surface area contributed by atoms with Gasteiger partial charge >= 0.3 is 0 Å². The van der Waals surface area contributed by atoms with E-state index in [1.165, 1.54) is 22.3 Å². The fraction of sp³-hybridized carbons (Fsp3) is 0.182. The molecule has 0 aliphatic heterocycles. The Morgan fingerprint density at radius 3 is 2.58 bits per heavy atom. The molecule has 0 spiro atoms. The van der Waals surface area contributed by atoms with Crippen LogP contribution in [0.2, 0.25) is 0 Å². The SMILES string of the molecule is Cc1cc(C)c2c(c1)[CH]C=C2.[Zr]. The second-order valence-electron chi connectivity index (χ2n) is 3.11. The molecule has 1 aliphatic rings. The first-order chi connectivity index (χ1) is 5.27. The first-order valence-corrected chi connectivity index (χ1v) is 3.90. The number of fused-ring (bicyclic) bond motifs is 1. The van der Waals surface area contributed by atoms with E-state index in [0.717, 1.165) is 0 Å². The molecular weight excluding hydrogens is 223 g/mol. The second-order valence-corrected chi connectivity index (χ2v) is 3.11. The summed E-state index contributed by atoms with van der Waals surface area (Å²) < 4.78 is 0. The predicted molar refractivity (Wildman–Crippen MR) is 48.4 cm³/mol.